The average molecular weight is 555 g/mol. The molecule has 0 aliphatic carbocycles. The maximum atomic E-state index is 13.3. The Hall–Kier alpha value is -3.88. The molecule has 1 aromatic heterocycles. The van der Waals surface area contributed by atoms with Crippen LogP contribution in [0.1, 0.15) is 46.4 Å². The van der Waals surface area contributed by atoms with Crippen LogP contribution in [-0.4, -0.2) is 46.4 Å². The van der Waals surface area contributed by atoms with Gasteiger partial charge in [0.05, 0.1) is 40.9 Å². The summed E-state index contributed by atoms with van der Waals surface area (Å²) in [7, 11) is 1.40. The van der Waals surface area contributed by atoms with Gasteiger partial charge in [0.2, 0.25) is 0 Å². The highest BCUT2D eigenvalue weighted by Crippen LogP contribution is 2.42. The Morgan fingerprint density at radius 2 is 1.76 bits per heavy atom. The van der Waals surface area contributed by atoms with E-state index in [1.54, 1.807) is 42.6 Å². The van der Waals surface area contributed by atoms with Crippen LogP contribution in [0.4, 0.5) is 0 Å². The van der Waals surface area contributed by atoms with Crippen molar-refractivity contribution in [3.8, 4) is 5.75 Å². The zero-order valence-electron chi connectivity index (χ0n) is 20.6. The zero-order chi connectivity index (χ0) is 27.4. The second-order valence-electron chi connectivity index (χ2n) is 8.52. The van der Waals surface area contributed by atoms with E-state index in [1.807, 2.05) is 6.92 Å². The molecule has 1 fully saturated rings. The lowest BCUT2D eigenvalue weighted by Gasteiger charge is -2.25. The number of carbonyl (C=O) groups is 3. The highest BCUT2D eigenvalue weighted by molar-refractivity contribution is 6.46. The van der Waals surface area contributed by atoms with E-state index in [0.717, 1.165) is 0 Å². The maximum Gasteiger partial charge on any atom is 0.338 e. The summed E-state index contributed by atoms with van der Waals surface area (Å²) in [6.07, 6.45) is 3.80. The number of esters is 1. The van der Waals surface area contributed by atoms with Crippen molar-refractivity contribution in [1.82, 2.24) is 9.88 Å². The molecule has 1 aliphatic heterocycles. The van der Waals surface area contributed by atoms with Crippen LogP contribution < -0.4 is 4.74 Å². The van der Waals surface area contributed by atoms with Gasteiger partial charge in [-0.05, 0) is 47.9 Å². The average Bonchev–Trinajstić information content (AvgIpc) is 3.17. The number of Topliss-reactive ketones (excluding diaryl/α,β-unsaturated/α-hetero) is 1. The largest absolute Gasteiger partial charge is 0.507 e. The molecule has 38 heavy (non-hydrogen) atoms. The van der Waals surface area contributed by atoms with Crippen LogP contribution in [0, 0.1) is 0 Å². The lowest BCUT2D eigenvalue weighted by Crippen LogP contribution is -2.29. The third-order valence-electron chi connectivity index (χ3n) is 6.00. The zero-order valence-corrected chi connectivity index (χ0v) is 22.1. The first-order valence-corrected chi connectivity index (χ1v) is 12.5. The van der Waals surface area contributed by atoms with E-state index in [2.05, 4.69) is 4.98 Å². The van der Waals surface area contributed by atoms with Gasteiger partial charge in [-0.3, -0.25) is 14.6 Å². The highest BCUT2D eigenvalue weighted by Gasteiger charge is 2.46. The quantitative estimate of drug-likeness (QED) is 0.167. The van der Waals surface area contributed by atoms with Crippen molar-refractivity contribution in [3.05, 3.63) is 98.8 Å². The van der Waals surface area contributed by atoms with Crippen LogP contribution in [-0.2, 0) is 20.9 Å². The van der Waals surface area contributed by atoms with E-state index in [-0.39, 0.29) is 33.5 Å². The normalized spacial score (nSPS) is 16.5. The predicted molar refractivity (Wildman–Crippen MR) is 142 cm³/mol. The Morgan fingerprint density at radius 1 is 1.08 bits per heavy atom. The number of nitrogens with zero attached hydrogens (tertiary/aromatic N) is 2. The molecule has 0 spiro atoms. The lowest BCUT2D eigenvalue weighted by atomic mass is 9.96. The molecule has 2 aromatic carbocycles. The second-order valence-corrected chi connectivity index (χ2v) is 9.33. The van der Waals surface area contributed by atoms with Gasteiger partial charge in [0, 0.05) is 24.5 Å². The number of rotatable bonds is 8. The molecule has 1 atom stereocenters. The molecule has 0 bridgehead atoms. The molecule has 8 nitrogen and oxygen atoms in total. The molecule has 1 unspecified atom stereocenters. The number of amides is 1. The molecular weight excluding hydrogens is 531 g/mol. The van der Waals surface area contributed by atoms with Crippen molar-refractivity contribution in [2.45, 2.75) is 25.9 Å². The van der Waals surface area contributed by atoms with E-state index in [9.17, 15) is 19.5 Å². The van der Waals surface area contributed by atoms with Crippen LogP contribution in [0.15, 0.2) is 66.5 Å². The molecule has 2 heterocycles. The molecule has 1 aliphatic rings. The van der Waals surface area contributed by atoms with Gasteiger partial charge >= 0.3 is 5.97 Å². The van der Waals surface area contributed by atoms with Gasteiger partial charge in [0.1, 0.15) is 5.76 Å². The number of methoxy groups -OCH3 is 1. The summed E-state index contributed by atoms with van der Waals surface area (Å²) in [5.41, 5.74) is 1.60. The van der Waals surface area contributed by atoms with Crippen molar-refractivity contribution >= 4 is 46.6 Å². The first-order chi connectivity index (χ1) is 18.3. The molecule has 3 aromatic rings. The fourth-order valence-corrected chi connectivity index (χ4v) is 4.84. The molecule has 10 heteroatoms. The number of hydrogen-bond donors (Lipinski definition) is 1. The molecule has 0 saturated carbocycles. The Bertz CT molecular complexity index is 1380. The van der Waals surface area contributed by atoms with Gasteiger partial charge in [-0.25, -0.2) is 4.79 Å². The van der Waals surface area contributed by atoms with Crippen LogP contribution in [0.2, 0.25) is 10.0 Å². The first kappa shape index (κ1) is 27.2. The van der Waals surface area contributed by atoms with E-state index >= 15 is 0 Å². The summed E-state index contributed by atoms with van der Waals surface area (Å²) in [5, 5.41) is 11.5. The smallest absolute Gasteiger partial charge is 0.338 e. The standard InChI is InChI=1S/C28H24Cl2N2O6/c1-3-11-38-28(36)17-8-6-16(7-9-17)15-32-23(18-5-4-10-31-14-18)22(25(34)27(32)35)24(33)19-12-20(29)26(37-2)21(30)13-19/h4-10,12-14,23,33H,3,11,15H2,1-2H3/b24-22+. The van der Waals surface area contributed by atoms with E-state index < -0.39 is 29.5 Å². The number of aromatic nitrogens is 1. The first-order valence-electron chi connectivity index (χ1n) is 11.7. The second kappa shape index (κ2) is 11.7. The molecule has 4 rings (SSSR count). The van der Waals surface area contributed by atoms with Gasteiger partial charge < -0.3 is 19.5 Å². The Labute approximate surface area is 229 Å². The van der Waals surface area contributed by atoms with Gasteiger partial charge in [-0.1, -0.05) is 48.3 Å². The Morgan fingerprint density at radius 3 is 2.34 bits per heavy atom. The minimum absolute atomic E-state index is 0.0370. The fraction of sp³-hybridized carbons (Fsp3) is 0.214. The van der Waals surface area contributed by atoms with Gasteiger partial charge in [-0.2, -0.15) is 0 Å². The summed E-state index contributed by atoms with van der Waals surface area (Å²) in [6.45, 7) is 2.26. The monoisotopic (exact) mass is 554 g/mol. The number of halogens is 2. The maximum absolute atomic E-state index is 13.3. The number of aliphatic hydroxyl groups excluding tert-OH is 1. The molecule has 1 amide bonds. The SMILES string of the molecule is CCCOC(=O)c1ccc(CN2C(=O)C(=O)/C(=C(/O)c3cc(Cl)c(OC)c(Cl)c3)C2c2cccnc2)cc1. The third-order valence-corrected chi connectivity index (χ3v) is 6.56. The Balaban J connectivity index is 1.74. The number of carbonyl (C=O) groups excluding carboxylic acids is 3. The third kappa shape index (κ3) is 5.37. The molecule has 0 radical (unpaired) electrons. The summed E-state index contributed by atoms with van der Waals surface area (Å²) >= 11 is 12.5. The van der Waals surface area contributed by atoms with Crippen molar-refractivity contribution in [1.29, 1.82) is 0 Å². The van der Waals surface area contributed by atoms with Crippen LogP contribution in [0.5, 0.6) is 5.75 Å². The van der Waals surface area contributed by atoms with E-state index in [1.165, 1.54) is 30.3 Å². The number of ether oxygens (including phenoxy) is 2. The summed E-state index contributed by atoms with van der Waals surface area (Å²) in [5.74, 6) is -2.31. The van der Waals surface area contributed by atoms with Gasteiger partial charge in [-0.15, -0.1) is 0 Å². The van der Waals surface area contributed by atoms with E-state index in [0.29, 0.717) is 29.7 Å². The van der Waals surface area contributed by atoms with Crippen LogP contribution >= 0.6 is 23.2 Å². The Kier molecular flexibility index (Phi) is 8.34. The topological polar surface area (TPSA) is 106 Å². The van der Waals surface area contributed by atoms with Crippen molar-refractivity contribution in [2.24, 2.45) is 0 Å². The van der Waals surface area contributed by atoms with E-state index in [4.69, 9.17) is 32.7 Å². The number of hydrogen-bond acceptors (Lipinski definition) is 7. The van der Waals surface area contributed by atoms with Crippen molar-refractivity contribution < 1.29 is 29.0 Å². The van der Waals surface area contributed by atoms with Gasteiger partial charge in [0.25, 0.3) is 11.7 Å². The minimum Gasteiger partial charge on any atom is -0.507 e. The molecule has 1 saturated heterocycles. The predicted octanol–water partition coefficient (Wildman–Crippen LogP) is 5.59. The van der Waals surface area contributed by atoms with Crippen molar-refractivity contribution in [3.63, 3.8) is 0 Å². The van der Waals surface area contributed by atoms with Crippen LogP contribution in [0.25, 0.3) is 5.76 Å². The molecule has 196 valence electrons. The number of ketones is 1. The van der Waals surface area contributed by atoms with Crippen LogP contribution in [0.3, 0.4) is 0 Å². The van der Waals surface area contributed by atoms with Crippen molar-refractivity contribution in [2.75, 3.05) is 13.7 Å². The number of aliphatic hydroxyl groups is 1. The van der Waals surface area contributed by atoms with Gasteiger partial charge in [0.15, 0.2) is 5.75 Å². The summed E-state index contributed by atoms with van der Waals surface area (Å²) in [4.78, 5) is 44.1. The lowest BCUT2D eigenvalue weighted by molar-refractivity contribution is -0.140. The minimum atomic E-state index is -0.933. The number of benzene rings is 2. The summed E-state index contributed by atoms with van der Waals surface area (Å²) in [6, 6.07) is 11.8. The fourth-order valence-electron chi connectivity index (χ4n) is 4.20. The number of pyridine rings is 1. The highest BCUT2D eigenvalue weighted by atomic mass is 35.5. The molecule has 1 N–H and O–H groups in total. The summed E-state index contributed by atoms with van der Waals surface area (Å²) < 4.78 is 10.3. The number of likely N-dealkylation sites (tertiary alicyclic amines) is 1. The molecular formula is C28H24Cl2N2O6.